The smallest absolute Gasteiger partial charge is 0.141 e. The quantitative estimate of drug-likeness (QED) is 0.842. The highest BCUT2D eigenvalue weighted by atomic mass is 35.5. The molecule has 0 aromatic heterocycles. The Kier molecular flexibility index (Phi) is 3.12. The van der Waals surface area contributed by atoms with E-state index in [0.29, 0.717) is 0 Å². The van der Waals surface area contributed by atoms with Crippen LogP contribution < -0.4 is 4.90 Å². The summed E-state index contributed by atoms with van der Waals surface area (Å²) in [5, 5.41) is 9.31. The number of rotatable bonds is 2. The lowest BCUT2D eigenvalue weighted by Gasteiger charge is -2.25. The highest BCUT2D eigenvalue weighted by Gasteiger charge is 2.24. The van der Waals surface area contributed by atoms with Crippen LogP contribution in [-0.4, -0.2) is 24.3 Å². The third-order valence-corrected chi connectivity index (χ3v) is 3.11. The van der Waals surface area contributed by atoms with Crippen molar-refractivity contribution in [1.29, 1.82) is 0 Å². The number of anilines is 1. The number of aliphatic hydroxyl groups is 1. The van der Waals surface area contributed by atoms with E-state index in [1.165, 1.54) is 6.07 Å². The highest BCUT2D eigenvalue weighted by molar-refractivity contribution is 6.31. The van der Waals surface area contributed by atoms with Crippen LogP contribution in [0.4, 0.5) is 10.1 Å². The van der Waals surface area contributed by atoms with Crippen LogP contribution in [0.2, 0.25) is 5.02 Å². The summed E-state index contributed by atoms with van der Waals surface area (Å²) in [5.74, 6) is -0.403. The van der Waals surface area contributed by atoms with Gasteiger partial charge in [0.2, 0.25) is 0 Å². The monoisotopic (exact) mass is 229 g/mol. The van der Waals surface area contributed by atoms with Gasteiger partial charge in [0, 0.05) is 12.2 Å². The molecule has 0 bridgehead atoms. The zero-order chi connectivity index (χ0) is 10.8. The average molecular weight is 230 g/mol. The molecule has 1 fully saturated rings. The Bertz CT molecular complexity index is 358. The molecule has 0 aliphatic carbocycles. The Morgan fingerprint density at radius 2 is 2.33 bits per heavy atom. The molecule has 2 nitrogen and oxygen atoms in total. The molecule has 82 valence electrons. The summed E-state index contributed by atoms with van der Waals surface area (Å²) in [6.07, 6.45) is 2.03. The van der Waals surface area contributed by atoms with Crippen molar-refractivity contribution in [3.8, 4) is 0 Å². The van der Waals surface area contributed by atoms with Crippen molar-refractivity contribution in [3.63, 3.8) is 0 Å². The first kappa shape index (κ1) is 10.7. The van der Waals surface area contributed by atoms with Gasteiger partial charge in [0.05, 0.1) is 17.7 Å². The van der Waals surface area contributed by atoms with E-state index in [1.54, 1.807) is 12.1 Å². The topological polar surface area (TPSA) is 23.5 Å². The first-order valence-electron chi connectivity index (χ1n) is 5.05. The van der Waals surface area contributed by atoms with E-state index in [1.807, 2.05) is 0 Å². The highest BCUT2D eigenvalue weighted by Crippen LogP contribution is 2.28. The first-order chi connectivity index (χ1) is 7.22. The first-order valence-corrected chi connectivity index (χ1v) is 5.42. The van der Waals surface area contributed by atoms with Gasteiger partial charge in [-0.2, -0.15) is 0 Å². The molecule has 1 aliphatic rings. The Balaban J connectivity index is 2.25. The van der Waals surface area contributed by atoms with Gasteiger partial charge in [-0.3, -0.25) is 0 Å². The maximum atomic E-state index is 13.0. The van der Waals surface area contributed by atoms with Gasteiger partial charge in [0.25, 0.3) is 0 Å². The second kappa shape index (κ2) is 4.37. The number of nitrogens with zero attached hydrogens (tertiary/aromatic N) is 1. The predicted molar refractivity (Wildman–Crippen MR) is 58.9 cm³/mol. The lowest BCUT2D eigenvalue weighted by atomic mass is 10.2. The molecule has 1 saturated heterocycles. The zero-order valence-electron chi connectivity index (χ0n) is 8.29. The summed E-state index contributed by atoms with van der Waals surface area (Å²) in [6.45, 7) is 1.03. The number of hydrogen-bond acceptors (Lipinski definition) is 2. The van der Waals surface area contributed by atoms with Gasteiger partial charge in [0.1, 0.15) is 5.82 Å². The lowest BCUT2D eigenvalue weighted by molar-refractivity contribution is 0.266. The molecule has 1 atom stereocenters. The van der Waals surface area contributed by atoms with E-state index in [4.69, 9.17) is 11.6 Å². The van der Waals surface area contributed by atoms with E-state index in [2.05, 4.69) is 4.90 Å². The summed E-state index contributed by atoms with van der Waals surface area (Å²) in [4.78, 5) is 2.07. The van der Waals surface area contributed by atoms with Crippen molar-refractivity contribution in [2.45, 2.75) is 18.9 Å². The minimum atomic E-state index is -0.403. The van der Waals surface area contributed by atoms with Crippen molar-refractivity contribution >= 4 is 17.3 Å². The minimum absolute atomic E-state index is 0.134. The molecule has 0 saturated carbocycles. The fourth-order valence-electron chi connectivity index (χ4n) is 2.03. The van der Waals surface area contributed by atoms with Crippen LogP contribution in [0.25, 0.3) is 0 Å². The van der Waals surface area contributed by atoms with Gasteiger partial charge >= 0.3 is 0 Å². The van der Waals surface area contributed by atoms with Crippen LogP contribution in [0, 0.1) is 5.82 Å². The standard InChI is InChI=1S/C11H13ClFNO/c12-10-6-8(3-4-11(10)13)14-5-1-2-9(14)7-15/h3-4,6,9,15H,1-2,5,7H2/t9-/m1/s1. The zero-order valence-corrected chi connectivity index (χ0v) is 9.04. The van der Waals surface area contributed by atoms with E-state index in [9.17, 15) is 9.50 Å². The van der Waals surface area contributed by atoms with Crippen LogP contribution in [0.5, 0.6) is 0 Å². The molecule has 0 spiro atoms. The molecule has 15 heavy (non-hydrogen) atoms. The molecule has 1 aromatic carbocycles. The second-order valence-electron chi connectivity index (χ2n) is 3.77. The Labute approximate surface area is 93.3 Å². The van der Waals surface area contributed by atoms with Crippen molar-refractivity contribution in [1.82, 2.24) is 0 Å². The number of hydrogen-bond donors (Lipinski definition) is 1. The van der Waals surface area contributed by atoms with Crippen LogP contribution in [0.1, 0.15) is 12.8 Å². The third kappa shape index (κ3) is 2.08. The van der Waals surface area contributed by atoms with E-state index < -0.39 is 5.82 Å². The summed E-state index contributed by atoms with van der Waals surface area (Å²) >= 11 is 5.72. The minimum Gasteiger partial charge on any atom is -0.394 e. The van der Waals surface area contributed by atoms with Crippen molar-refractivity contribution in [2.24, 2.45) is 0 Å². The molecule has 0 unspecified atom stereocenters. The Morgan fingerprint density at radius 1 is 1.53 bits per heavy atom. The van der Waals surface area contributed by atoms with E-state index in [0.717, 1.165) is 25.1 Å². The number of benzene rings is 1. The van der Waals surface area contributed by atoms with Gasteiger partial charge in [-0.25, -0.2) is 4.39 Å². The predicted octanol–water partition coefficient (Wildman–Crippen LogP) is 2.44. The fraction of sp³-hybridized carbons (Fsp3) is 0.455. The molecule has 1 aliphatic heterocycles. The van der Waals surface area contributed by atoms with Gasteiger partial charge in [-0.15, -0.1) is 0 Å². The SMILES string of the molecule is OC[C@H]1CCCN1c1ccc(F)c(Cl)c1. The third-order valence-electron chi connectivity index (χ3n) is 2.82. The van der Waals surface area contributed by atoms with Crippen molar-refractivity contribution < 1.29 is 9.50 Å². The van der Waals surface area contributed by atoms with Crippen LogP contribution >= 0.6 is 11.6 Å². The summed E-state index contributed by atoms with van der Waals surface area (Å²) in [5.41, 5.74) is 0.887. The number of halogens is 2. The van der Waals surface area contributed by atoms with Gasteiger partial charge in [-0.05, 0) is 31.0 Å². The average Bonchev–Trinajstić information content (AvgIpc) is 2.70. The molecule has 4 heteroatoms. The van der Waals surface area contributed by atoms with Crippen LogP contribution in [0.15, 0.2) is 18.2 Å². The maximum Gasteiger partial charge on any atom is 0.141 e. The van der Waals surface area contributed by atoms with Gasteiger partial charge in [-0.1, -0.05) is 11.6 Å². The largest absolute Gasteiger partial charge is 0.394 e. The molecular formula is C11H13ClFNO. The summed E-state index contributed by atoms with van der Waals surface area (Å²) in [6, 6.07) is 4.83. The molecule has 0 amide bonds. The van der Waals surface area contributed by atoms with E-state index >= 15 is 0 Å². The maximum absolute atomic E-state index is 13.0. The fourth-order valence-corrected chi connectivity index (χ4v) is 2.20. The van der Waals surface area contributed by atoms with Crippen LogP contribution in [0.3, 0.4) is 0 Å². The second-order valence-corrected chi connectivity index (χ2v) is 4.18. The number of aliphatic hydroxyl groups excluding tert-OH is 1. The molecular weight excluding hydrogens is 217 g/mol. The molecule has 2 rings (SSSR count). The lowest BCUT2D eigenvalue weighted by Crippen LogP contribution is -2.31. The molecule has 1 aromatic rings. The molecule has 1 heterocycles. The summed E-state index contributed by atoms with van der Waals surface area (Å²) in [7, 11) is 0. The molecule has 1 N–H and O–H groups in total. The van der Waals surface area contributed by atoms with Gasteiger partial charge < -0.3 is 10.0 Å². The Morgan fingerprint density at radius 3 is 3.00 bits per heavy atom. The van der Waals surface area contributed by atoms with E-state index in [-0.39, 0.29) is 17.7 Å². The van der Waals surface area contributed by atoms with Crippen molar-refractivity contribution in [3.05, 3.63) is 29.0 Å². The Hall–Kier alpha value is -0.800. The van der Waals surface area contributed by atoms with Crippen molar-refractivity contribution in [2.75, 3.05) is 18.1 Å². The molecule has 0 radical (unpaired) electrons. The normalized spacial score (nSPS) is 21.0. The van der Waals surface area contributed by atoms with Gasteiger partial charge in [0.15, 0.2) is 0 Å². The summed E-state index contributed by atoms with van der Waals surface area (Å²) < 4.78 is 13.0. The van der Waals surface area contributed by atoms with Crippen LogP contribution in [-0.2, 0) is 0 Å².